The zero-order valence-corrected chi connectivity index (χ0v) is 6.89. The Morgan fingerprint density at radius 1 is 1.60 bits per heavy atom. The van der Waals surface area contributed by atoms with Gasteiger partial charge in [0.1, 0.15) is 0 Å². The molecule has 2 nitrogen and oxygen atoms in total. The molecule has 0 aliphatic carbocycles. The van der Waals surface area contributed by atoms with E-state index in [4.69, 9.17) is 5.11 Å². The van der Waals surface area contributed by atoms with Gasteiger partial charge >= 0.3 is 0 Å². The first kappa shape index (κ1) is 9.48. The summed E-state index contributed by atoms with van der Waals surface area (Å²) in [4.78, 5) is 1.99. The maximum atomic E-state index is 8.93. The maximum absolute atomic E-state index is 8.93. The fourth-order valence-electron chi connectivity index (χ4n) is 0.730. The van der Waals surface area contributed by atoms with Crippen LogP contribution in [-0.2, 0) is 0 Å². The Hall–Kier alpha value is -0.520. The van der Waals surface area contributed by atoms with Crippen LogP contribution < -0.4 is 0 Å². The van der Waals surface area contributed by atoms with Crippen molar-refractivity contribution in [3.63, 3.8) is 0 Å². The van der Waals surface area contributed by atoms with Gasteiger partial charge in [0.15, 0.2) is 0 Å². The van der Waals surface area contributed by atoms with E-state index in [0.29, 0.717) is 6.54 Å². The van der Waals surface area contributed by atoms with Gasteiger partial charge in [-0.1, -0.05) is 5.92 Å². The second-order valence-corrected chi connectivity index (χ2v) is 2.47. The highest BCUT2D eigenvalue weighted by molar-refractivity contribution is 4.97. The van der Waals surface area contributed by atoms with Crippen LogP contribution in [0.25, 0.3) is 0 Å². The van der Waals surface area contributed by atoms with E-state index in [1.807, 2.05) is 18.9 Å². The first-order valence-electron chi connectivity index (χ1n) is 3.43. The van der Waals surface area contributed by atoms with Crippen molar-refractivity contribution in [2.75, 3.05) is 20.1 Å². The van der Waals surface area contributed by atoms with Gasteiger partial charge in [-0.25, -0.2) is 0 Å². The molecule has 2 heteroatoms. The molecule has 0 amide bonds. The summed E-state index contributed by atoms with van der Waals surface area (Å²) in [5, 5.41) is 8.93. The maximum Gasteiger partial charge on any atom is 0.0639 e. The lowest BCUT2D eigenvalue weighted by atomic mass is 10.4. The van der Waals surface area contributed by atoms with Crippen molar-refractivity contribution in [3.8, 4) is 11.8 Å². The van der Waals surface area contributed by atoms with E-state index < -0.39 is 0 Å². The molecule has 0 spiro atoms. The monoisotopic (exact) mass is 141 g/mol. The molecular weight excluding hydrogens is 126 g/mol. The van der Waals surface area contributed by atoms with E-state index in [1.165, 1.54) is 0 Å². The number of rotatable bonds is 3. The predicted octanol–water partition coefficient (Wildman–Crippen LogP) is 0.322. The summed E-state index contributed by atoms with van der Waals surface area (Å²) in [6.45, 7) is 5.02. The summed E-state index contributed by atoms with van der Waals surface area (Å²) in [6.07, 6.45) is -0.261. The van der Waals surface area contributed by atoms with E-state index in [0.717, 1.165) is 6.54 Å². The van der Waals surface area contributed by atoms with Crippen LogP contribution in [0.15, 0.2) is 0 Å². The highest BCUT2D eigenvalue weighted by atomic mass is 16.3. The van der Waals surface area contributed by atoms with Crippen LogP contribution in [0, 0.1) is 11.8 Å². The lowest BCUT2D eigenvalue weighted by molar-refractivity contribution is 0.148. The molecule has 1 unspecified atom stereocenters. The van der Waals surface area contributed by atoms with Gasteiger partial charge in [0.2, 0.25) is 0 Å². The molecule has 10 heavy (non-hydrogen) atoms. The second-order valence-electron chi connectivity index (χ2n) is 2.47. The number of hydrogen-bond donors (Lipinski definition) is 1. The van der Waals surface area contributed by atoms with Crippen LogP contribution in [0.1, 0.15) is 13.8 Å². The molecule has 0 aromatic heterocycles. The van der Waals surface area contributed by atoms with Crippen molar-refractivity contribution >= 4 is 0 Å². The molecule has 0 radical (unpaired) electrons. The topological polar surface area (TPSA) is 23.5 Å². The van der Waals surface area contributed by atoms with Crippen molar-refractivity contribution in [2.24, 2.45) is 0 Å². The van der Waals surface area contributed by atoms with Crippen molar-refractivity contribution in [1.29, 1.82) is 0 Å². The molecule has 58 valence electrons. The zero-order valence-electron chi connectivity index (χ0n) is 6.89. The van der Waals surface area contributed by atoms with Gasteiger partial charge in [-0.3, -0.25) is 4.90 Å². The first-order chi connectivity index (χ1) is 4.66. The first-order valence-corrected chi connectivity index (χ1v) is 3.43. The Kier molecular flexibility index (Phi) is 5.00. The standard InChI is InChI=1S/C8H15NO/c1-4-5-6-9(3)7-8(2)10/h8,10H,6-7H2,1-3H3. The van der Waals surface area contributed by atoms with Crippen LogP contribution in [-0.4, -0.2) is 36.2 Å². The fraction of sp³-hybridized carbons (Fsp3) is 0.750. The number of aliphatic hydroxyl groups is 1. The average Bonchev–Trinajstić information content (AvgIpc) is 1.82. The molecule has 0 aliphatic heterocycles. The van der Waals surface area contributed by atoms with Gasteiger partial charge in [-0.15, -0.1) is 5.92 Å². The van der Waals surface area contributed by atoms with Gasteiger partial charge in [0.25, 0.3) is 0 Å². The van der Waals surface area contributed by atoms with Gasteiger partial charge in [0, 0.05) is 6.54 Å². The molecular formula is C8H15NO. The minimum Gasteiger partial charge on any atom is -0.392 e. The van der Waals surface area contributed by atoms with Crippen molar-refractivity contribution in [1.82, 2.24) is 4.90 Å². The van der Waals surface area contributed by atoms with Crippen LogP contribution in [0.2, 0.25) is 0 Å². The number of nitrogens with zero attached hydrogens (tertiary/aromatic N) is 1. The normalized spacial score (nSPS) is 12.5. The Bertz CT molecular complexity index is 132. The molecule has 1 atom stereocenters. The molecule has 0 bridgehead atoms. The Balaban J connectivity index is 3.40. The van der Waals surface area contributed by atoms with Crippen molar-refractivity contribution < 1.29 is 5.11 Å². The zero-order chi connectivity index (χ0) is 7.98. The van der Waals surface area contributed by atoms with E-state index in [2.05, 4.69) is 11.8 Å². The summed E-state index contributed by atoms with van der Waals surface area (Å²) in [6, 6.07) is 0. The van der Waals surface area contributed by atoms with Crippen molar-refractivity contribution in [3.05, 3.63) is 0 Å². The van der Waals surface area contributed by atoms with Gasteiger partial charge in [-0.2, -0.15) is 0 Å². The highest BCUT2D eigenvalue weighted by Crippen LogP contribution is 1.85. The van der Waals surface area contributed by atoms with Crippen LogP contribution >= 0.6 is 0 Å². The number of aliphatic hydroxyl groups excluding tert-OH is 1. The SMILES string of the molecule is CC#CCN(C)CC(C)O. The minimum absolute atomic E-state index is 0.261. The molecule has 0 aliphatic rings. The average molecular weight is 141 g/mol. The van der Waals surface area contributed by atoms with Gasteiger partial charge in [0.05, 0.1) is 12.6 Å². The quantitative estimate of drug-likeness (QED) is 0.572. The second kappa shape index (κ2) is 5.28. The van der Waals surface area contributed by atoms with Crippen LogP contribution in [0.5, 0.6) is 0 Å². The Labute approximate surface area is 62.8 Å². The summed E-state index contributed by atoms with van der Waals surface area (Å²) >= 11 is 0. The molecule has 0 saturated carbocycles. The molecule has 0 heterocycles. The Morgan fingerprint density at radius 3 is 2.60 bits per heavy atom. The fourth-order valence-corrected chi connectivity index (χ4v) is 0.730. The summed E-state index contributed by atoms with van der Waals surface area (Å²) < 4.78 is 0. The van der Waals surface area contributed by atoms with E-state index in [9.17, 15) is 0 Å². The molecule has 0 aromatic carbocycles. The lowest BCUT2D eigenvalue weighted by Gasteiger charge is -2.14. The van der Waals surface area contributed by atoms with E-state index in [1.54, 1.807) is 6.92 Å². The molecule has 0 aromatic rings. The highest BCUT2D eigenvalue weighted by Gasteiger charge is 1.98. The Morgan fingerprint density at radius 2 is 2.20 bits per heavy atom. The largest absolute Gasteiger partial charge is 0.392 e. The summed E-state index contributed by atoms with van der Waals surface area (Å²) in [7, 11) is 1.94. The lowest BCUT2D eigenvalue weighted by Crippen LogP contribution is -2.27. The third-order valence-electron chi connectivity index (χ3n) is 1.10. The van der Waals surface area contributed by atoms with Crippen LogP contribution in [0.3, 0.4) is 0 Å². The van der Waals surface area contributed by atoms with E-state index in [-0.39, 0.29) is 6.10 Å². The van der Waals surface area contributed by atoms with Gasteiger partial charge < -0.3 is 5.11 Å². The third kappa shape index (κ3) is 5.61. The molecule has 0 rings (SSSR count). The molecule has 0 saturated heterocycles. The van der Waals surface area contributed by atoms with Crippen molar-refractivity contribution in [2.45, 2.75) is 20.0 Å². The number of likely N-dealkylation sites (N-methyl/N-ethyl adjacent to an activating group) is 1. The van der Waals surface area contributed by atoms with Crippen LogP contribution in [0.4, 0.5) is 0 Å². The summed E-state index contributed by atoms with van der Waals surface area (Å²) in [5.41, 5.74) is 0. The molecule has 1 N–H and O–H groups in total. The summed E-state index contributed by atoms with van der Waals surface area (Å²) in [5.74, 6) is 5.72. The van der Waals surface area contributed by atoms with E-state index >= 15 is 0 Å². The molecule has 0 fully saturated rings. The van der Waals surface area contributed by atoms with Gasteiger partial charge in [-0.05, 0) is 20.9 Å². The minimum atomic E-state index is -0.261. The third-order valence-corrected chi connectivity index (χ3v) is 1.10. The smallest absolute Gasteiger partial charge is 0.0639 e. The predicted molar refractivity (Wildman–Crippen MR) is 42.6 cm³/mol. The number of hydrogen-bond acceptors (Lipinski definition) is 2.